The molecule has 0 saturated heterocycles. The highest BCUT2D eigenvalue weighted by Gasteiger charge is 2.04. The molecule has 0 aliphatic carbocycles. The third-order valence-electron chi connectivity index (χ3n) is 1.81. The van der Waals surface area contributed by atoms with Crippen molar-refractivity contribution in [3.8, 4) is 11.5 Å². The standard InChI is InChI=1S/C12H19NO2/c1-3-8-14-11-6-4-5-7-12(11)15-9-10(2)13/h4-7,10H,3,8-9,13H2,1-2H3/t10-/m0/s1. The first kappa shape index (κ1) is 11.9. The molecule has 0 spiro atoms. The van der Waals surface area contributed by atoms with Gasteiger partial charge < -0.3 is 15.2 Å². The number of para-hydroxylation sites is 2. The molecular formula is C12H19NO2. The molecule has 0 aliphatic rings. The molecule has 1 aromatic rings. The van der Waals surface area contributed by atoms with Gasteiger partial charge in [-0.15, -0.1) is 0 Å². The van der Waals surface area contributed by atoms with E-state index in [1.165, 1.54) is 0 Å². The molecule has 1 aromatic carbocycles. The van der Waals surface area contributed by atoms with Crippen molar-refractivity contribution in [1.29, 1.82) is 0 Å². The third kappa shape index (κ3) is 4.21. The second kappa shape index (κ2) is 6.30. The molecule has 1 rings (SSSR count). The van der Waals surface area contributed by atoms with Gasteiger partial charge in [0.25, 0.3) is 0 Å². The minimum absolute atomic E-state index is 0.0317. The Hall–Kier alpha value is -1.22. The molecule has 0 saturated carbocycles. The summed E-state index contributed by atoms with van der Waals surface area (Å²) >= 11 is 0. The Labute approximate surface area is 91.2 Å². The predicted octanol–water partition coefficient (Wildman–Crippen LogP) is 2.20. The molecule has 3 heteroatoms. The Morgan fingerprint density at radius 3 is 2.33 bits per heavy atom. The maximum Gasteiger partial charge on any atom is 0.161 e. The number of hydrogen-bond donors (Lipinski definition) is 1. The van der Waals surface area contributed by atoms with Crippen LogP contribution >= 0.6 is 0 Å². The summed E-state index contributed by atoms with van der Waals surface area (Å²) in [5.74, 6) is 1.56. The van der Waals surface area contributed by atoms with E-state index >= 15 is 0 Å². The predicted molar refractivity (Wildman–Crippen MR) is 61.4 cm³/mol. The van der Waals surface area contributed by atoms with Gasteiger partial charge in [0.15, 0.2) is 11.5 Å². The van der Waals surface area contributed by atoms with Crippen molar-refractivity contribution in [3.05, 3.63) is 24.3 Å². The fourth-order valence-corrected chi connectivity index (χ4v) is 1.12. The van der Waals surface area contributed by atoms with E-state index in [1.54, 1.807) is 0 Å². The van der Waals surface area contributed by atoms with Crippen molar-refractivity contribution in [2.24, 2.45) is 5.73 Å². The monoisotopic (exact) mass is 209 g/mol. The quantitative estimate of drug-likeness (QED) is 0.781. The average molecular weight is 209 g/mol. The van der Waals surface area contributed by atoms with E-state index in [4.69, 9.17) is 15.2 Å². The molecule has 15 heavy (non-hydrogen) atoms. The van der Waals surface area contributed by atoms with Gasteiger partial charge in [0.2, 0.25) is 0 Å². The number of ether oxygens (including phenoxy) is 2. The Morgan fingerprint density at radius 2 is 1.80 bits per heavy atom. The minimum Gasteiger partial charge on any atom is -0.490 e. The molecule has 0 heterocycles. The van der Waals surface area contributed by atoms with Crippen LogP contribution in [-0.2, 0) is 0 Å². The van der Waals surface area contributed by atoms with Crippen molar-refractivity contribution in [2.75, 3.05) is 13.2 Å². The van der Waals surface area contributed by atoms with Gasteiger partial charge in [0.1, 0.15) is 6.61 Å². The zero-order valence-corrected chi connectivity index (χ0v) is 9.40. The molecule has 0 bridgehead atoms. The van der Waals surface area contributed by atoms with Crippen LogP contribution in [0, 0.1) is 0 Å². The van der Waals surface area contributed by atoms with E-state index in [9.17, 15) is 0 Å². The average Bonchev–Trinajstić information content (AvgIpc) is 2.24. The van der Waals surface area contributed by atoms with Crippen molar-refractivity contribution >= 4 is 0 Å². The molecule has 0 fully saturated rings. The van der Waals surface area contributed by atoms with Gasteiger partial charge in [0.05, 0.1) is 6.61 Å². The summed E-state index contributed by atoms with van der Waals surface area (Å²) in [6, 6.07) is 7.70. The highest BCUT2D eigenvalue weighted by Crippen LogP contribution is 2.26. The van der Waals surface area contributed by atoms with Gasteiger partial charge in [-0.2, -0.15) is 0 Å². The first-order chi connectivity index (χ1) is 7.24. The SMILES string of the molecule is CCCOc1ccccc1OC[C@H](C)N. The highest BCUT2D eigenvalue weighted by molar-refractivity contribution is 5.39. The topological polar surface area (TPSA) is 44.5 Å². The van der Waals surface area contributed by atoms with Crippen molar-refractivity contribution in [3.63, 3.8) is 0 Å². The Bertz CT molecular complexity index is 287. The molecule has 0 aliphatic heterocycles. The van der Waals surface area contributed by atoms with Gasteiger partial charge in [-0.25, -0.2) is 0 Å². The van der Waals surface area contributed by atoms with Gasteiger partial charge in [0, 0.05) is 6.04 Å². The first-order valence-electron chi connectivity index (χ1n) is 5.34. The van der Waals surface area contributed by atoms with E-state index in [2.05, 4.69) is 6.92 Å². The number of hydrogen-bond acceptors (Lipinski definition) is 3. The number of rotatable bonds is 6. The van der Waals surface area contributed by atoms with Crippen LogP contribution in [0.15, 0.2) is 24.3 Å². The maximum atomic E-state index is 5.62. The van der Waals surface area contributed by atoms with Crippen LogP contribution in [-0.4, -0.2) is 19.3 Å². The van der Waals surface area contributed by atoms with E-state index in [-0.39, 0.29) is 6.04 Å². The second-order valence-electron chi connectivity index (χ2n) is 3.58. The lowest BCUT2D eigenvalue weighted by molar-refractivity contribution is 0.258. The molecule has 3 nitrogen and oxygen atoms in total. The zero-order chi connectivity index (χ0) is 11.1. The molecule has 1 atom stereocenters. The third-order valence-corrected chi connectivity index (χ3v) is 1.81. The van der Waals surface area contributed by atoms with Crippen LogP contribution in [0.1, 0.15) is 20.3 Å². The summed E-state index contributed by atoms with van der Waals surface area (Å²) in [5.41, 5.74) is 5.62. The van der Waals surface area contributed by atoms with Crippen LogP contribution in [0.5, 0.6) is 11.5 Å². The van der Waals surface area contributed by atoms with Crippen molar-refractivity contribution < 1.29 is 9.47 Å². The molecule has 0 radical (unpaired) electrons. The van der Waals surface area contributed by atoms with Gasteiger partial charge >= 0.3 is 0 Å². The Morgan fingerprint density at radius 1 is 1.20 bits per heavy atom. The summed E-state index contributed by atoms with van der Waals surface area (Å²) in [5, 5.41) is 0. The van der Waals surface area contributed by atoms with Crippen LogP contribution in [0.3, 0.4) is 0 Å². The summed E-state index contributed by atoms with van der Waals surface area (Å²) < 4.78 is 11.1. The molecule has 0 aromatic heterocycles. The zero-order valence-electron chi connectivity index (χ0n) is 9.40. The van der Waals surface area contributed by atoms with Crippen molar-refractivity contribution in [2.45, 2.75) is 26.3 Å². The minimum atomic E-state index is 0.0317. The van der Waals surface area contributed by atoms with E-state index in [0.717, 1.165) is 17.9 Å². The summed E-state index contributed by atoms with van der Waals surface area (Å²) in [6.45, 7) is 5.20. The molecule has 0 amide bonds. The van der Waals surface area contributed by atoms with Crippen LogP contribution < -0.4 is 15.2 Å². The lowest BCUT2D eigenvalue weighted by Gasteiger charge is -2.13. The van der Waals surface area contributed by atoms with E-state index in [1.807, 2.05) is 31.2 Å². The van der Waals surface area contributed by atoms with Crippen LogP contribution in [0.2, 0.25) is 0 Å². The maximum absolute atomic E-state index is 5.62. The smallest absolute Gasteiger partial charge is 0.161 e. The Balaban J connectivity index is 2.59. The summed E-state index contributed by atoms with van der Waals surface area (Å²) in [4.78, 5) is 0. The van der Waals surface area contributed by atoms with Gasteiger partial charge in [-0.05, 0) is 25.5 Å². The van der Waals surface area contributed by atoms with Gasteiger partial charge in [-0.3, -0.25) is 0 Å². The lowest BCUT2D eigenvalue weighted by Crippen LogP contribution is -2.23. The van der Waals surface area contributed by atoms with Crippen LogP contribution in [0.25, 0.3) is 0 Å². The normalized spacial score (nSPS) is 12.2. The first-order valence-corrected chi connectivity index (χ1v) is 5.34. The number of benzene rings is 1. The molecule has 0 unspecified atom stereocenters. The van der Waals surface area contributed by atoms with E-state index in [0.29, 0.717) is 13.2 Å². The largest absolute Gasteiger partial charge is 0.490 e. The molecular weight excluding hydrogens is 190 g/mol. The summed E-state index contributed by atoms with van der Waals surface area (Å²) in [7, 11) is 0. The highest BCUT2D eigenvalue weighted by atomic mass is 16.5. The van der Waals surface area contributed by atoms with Crippen LogP contribution in [0.4, 0.5) is 0 Å². The van der Waals surface area contributed by atoms with E-state index < -0.39 is 0 Å². The van der Waals surface area contributed by atoms with Crippen molar-refractivity contribution in [1.82, 2.24) is 0 Å². The van der Waals surface area contributed by atoms with Gasteiger partial charge in [-0.1, -0.05) is 19.1 Å². The fraction of sp³-hybridized carbons (Fsp3) is 0.500. The Kier molecular flexibility index (Phi) is 4.98. The molecule has 2 N–H and O–H groups in total. The fourth-order valence-electron chi connectivity index (χ4n) is 1.12. The summed E-state index contributed by atoms with van der Waals surface area (Å²) in [6.07, 6.45) is 0.988. The number of nitrogens with two attached hydrogens (primary N) is 1. The lowest BCUT2D eigenvalue weighted by atomic mass is 10.3. The second-order valence-corrected chi connectivity index (χ2v) is 3.58. The molecule has 84 valence electrons.